The van der Waals surface area contributed by atoms with Crippen molar-refractivity contribution in [2.24, 2.45) is 5.73 Å². The van der Waals surface area contributed by atoms with E-state index >= 15 is 0 Å². The number of carbonyl (C=O) groups is 1. The van der Waals surface area contributed by atoms with Gasteiger partial charge in [-0.1, -0.05) is 0 Å². The molecule has 2 aromatic carbocycles. The quantitative estimate of drug-likeness (QED) is 0.733. The lowest BCUT2D eigenvalue weighted by Gasteiger charge is -2.26. The first kappa shape index (κ1) is 16.7. The number of primary amides is 1. The third kappa shape index (κ3) is 3.37. The highest BCUT2D eigenvalue weighted by Gasteiger charge is 2.24. The predicted molar refractivity (Wildman–Crippen MR) is 89.4 cm³/mol. The topological polar surface area (TPSA) is 70.8 Å². The molecule has 0 aromatic heterocycles. The van der Waals surface area contributed by atoms with Crippen molar-refractivity contribution >= 4 is 28.5 Å². The summed E-state index contributed by atoms with van der Waals surface area (Å²) in [7, 11) is 0. The summed E-state index contributed by atoms with van der Waals surface area (Å²) in [6, 6.07) is 7.52. The highest BCUT2D eigenvalue weighted by atomic mass is 127. The Balaban J connectivity index is 1.71. The number of hydrogen-bond donors (Lipinski definition) is 1. The minimum Gasteiger partial charge on any atom is -0.486 e. The molecule has 0 radical (unpaired) electrons. The molecule has 0 bridgehead atoms. The van der Waals surface area contributed by atoms with Crippen LogP contribution in [0.4, 0.5) is 8.78 Å². The van der Waals surface area contributed by atoms with Crippen LogP contribution in [0, 0.1) is 15.2 Å². The van der Waals surface area contributed by atoms with Crippen LogP contribution in [-0.2, 0) is 0 Å². The van der Waals surface area contributed by atoms with Crippen molar-refractivity contribution in [3.8, 4) is 17.2 Å². The van der Waals surface area contributed by atoms with Crippen molar-refractivity contribution in [1.82, 2.24) is 0 Å². The maximum atomic E-state index is 14.1. The van der Waals surface area contributed by atoms with E-state index in [0.29, 0.717) is 11.5 Å². The van der Waals surface area contributed by atoms with Crippen LogP contribution >= 0.6 is 22.6 Å². The van der Waals surface area contributed by atoms with Gasteiger partial charge in [0.1, 0.15) is 24.6 Å². The number of hydrogen-bond acceptors (Lipinski definition) is 4. The van der Waals surface area contributed by atoms with E-state index in [1.807, 2.05) is 12.1 Å². The van der Waals surface area contributed by atoms with Gasteiger partial charge < -0.3 is 19.9 Å². The molecule has 1 amide bonds. The molecule has 1 aliphatic rings. The molecule has 1 aliphatic heterocycles. The molecule has 1 atom stereocenters. The summed E-state index contributed by atoms with van der Waals surface area (Å²) in [4.78, 5) is 11.1. The Morgan fingerprint density at radius 1 is 1.29 bits per heavy atom. The maximum Gasteiger partial charge on any atom is 0.254 e. The molecule has 8 heteroatoms. The molecule has 5 nitrogen and oxygen atoms in total. The fourth-order valence-electron chi connectivity index (χ4n) is 2.23. The Morgan fingerprint density at radius 3 is 2.83 bits per heavy atom. The van der Waals surface area contributed by atoms with Gasteiger partial charge in [-0.25, -0.2) is 8.78 Å². The zero-order valence-electron chi connectivity index (χ0n) is 12.2. The second-order valence-corrected chi connectivity index (χ2v) is 6.30. The number of ether oxygens (including phenoxy) is 3. The Labute approximate surface area is 149 Å². The van der Waals surface area contributed by atoms with Gasteiger partial charge in [0.25, 0.3) is 5.91 Å². The first-order valence-electron chi connectivity index (χ1n) is 6.95. The van der Waals surface area contributed by atoms with Crippen LogP contribution in [0.2, 0.25) is 0 Å². The van der Waals surface area contributed by atoms with E-state index in [2.05, 4.69) is 22.6 Å². The Hall–Kier alpha value is -2.10. The SMILES string of the molecule is NC(=O)c1c(F)ccc(OCC2COc3ccc(I)cc3O2)c1F. The van der Waals surface area contributed by atoms with Gasteiger partial charge in [-0.15, -0.1) is 0 Å². The molecule has 1 heterocycles. The largest absolute Gasteiger partial charge is 0.486 e. The lowest BCUT2D eigenvalue weighted by molar-refractivity contribution is 0.0522. The Kier molecular flexibility index (Phi) is 4.74. The zero-order valence-corrected chi connectivity index (χ0v) is 14.4. The Morgan fingerprint density at radius 2 is 2.08 bits per heavy atom. The molecule has 3 rings (SSSR count). The predicted octanol–water partition coefficient (Wildman–Crippen LogP) is 2.89. The van der Waals surface area contributed by atoms with Crippen molar-refractivity contribution in [2.45, 2.75) is 6.10 Å². The third-order valence-corrected chi connectivity index (χ3v) is 4.02. The van der Waals surface area contributed by atoms with E-state index in [4.69, 9.17) is 19.9 Å². The van der Waals surface area contributed by atoms with Gasteiger partial charge in [0.05, 0.1) is 0 Å². The van der Waals surface area contributed by atoms with Gasteiger partial charge in [0, 0.05) is 3.57 Å². The van der Waals surface area contributed by atoms with Crippen molar-refractivity contribution in [2.75, 3.05) is 13.2 Å². The fourth-order valence-corrected chi connectivity index (χ4v) is 2.69. The maximum absolute atomic E-state index is 14.1. The molecule has 0 fully saturated rings. The average Bonchev–Trinajstić information content (AvgIpc) is 2.53. The number of fused-ring (bicyclic) bond motifs is 1. The molecule has 126 valence electrons. The van der Waals surface area contributed by atoms with Gasteiger partial charge in [0.2, 0.25) is 0 Å². The molecule has 2 aromatic rings. The third-order valence-electron chi connectivity index (χ3n) is 3.35. The molecule has 0 saturated heterocycles. The van der Waals surface area contributed by atoms with E-state index in [1.165, 1.54) is 0 Å². The van der Waals surface area contributed by atoms with Crippen LogP contribution in [0.5, 0.6) is 17.2 Å². The number of carbonyl (C=O) groups excluding carboxylic acids is 1. The van der Waals surface area contributed by atoms with Crippen molar-refractivity contribution in [3.63, 3.8) is 0 Å². The molecule has 0 spiro atoms. The van der Waals surface area contributed by atoms with Crippen LogP contribution in [0.3, 0.4) is 0 Å². The van der Waals surface area contributed by atoms with Gasteiger partial charge >= 0.3 is 0 Å². The molecular formula is C16H12F2INO4. The summed E-state index contributed by atoms with van der Waals surface area (Å²) in [6.45, 7) is 0.185. The number of benzene rings is 2. The zero-order chi connectivity index (χ0) is 17.3. The number of nitrogens with two attached hydrogens (primary N) is 1. The first-order valence-corrected chi connectivity index (χ1v) is 8.03. The summed E-state index contributed by atoms with van der Waals surface area (Å²) < 4.78 is 45.1. The standard InChI is InChI=1S/C16H12F2INO4/c17-10-2-4-12(15(18)14(10)16(20)21)23-7-9-6-22-11-3-1-8(19)5-13(11)24-9/h1-5,9H,6-7H2,(H2,20,21). The second kappa shape index (κ2) is 6.80. The van der Waals surface area contributed by atoms with Crippen LogP contribution in [0.25, 0.3) is 0 Å². The average molecular weight is 447 g/mol. The van der Waals surface area contributed by atoms with Crippen LogP contribution in [0.1, 0.15) is 10.4 Å². The summed E-state index contributed by atoms with van der Waals surface area (Å²) in [5, 5.41) is 0. The van der Waals surface area contributed by atoms with Crippen LogP contribution in [-0.4, -0.2) is 25.2 Å². The summed E-state index contributed by atoms with van der Waals surface area (Å²) in [6.07, 6.45) is -0.475. The van der Waals surface area contributed by atoms with E-state index in [-0.39, 0.29) is 19.0 Å². The van der Waals surface area contributed by atoms with E-state index < -0.39 is 29.2 Å². The van der Waals surface area contributed by atoms with Crippen molar-refractivity contribution in [1.29, 1.82) is 0 Å². The second-order valence-electron chi connectivity index (χ2n) is 5.05. The van der Waals surface area contributed by atoms with Crippen LogP contribution < -0.4 is 19.9 Å². The van der Waals surface area contributed by atoms with Gasteiger partial charge in [-0.05, 0) is 52.9 Å². The number of amides is 1. The van der Waals surface area contributed by atoms with Gasteiger partial charge in [-0.3, -0.25) is 4.79 Å². The fraction of sp³-hybridized carbons (Fsp3) is 0.188. The minimum atomic E-state index is -1.20. The minimum absolute atomic E-state index is 0.0360. The normalized spacial score (nSPS) is 15.9. The van der Waals surface area contributed by atoms with Crippen molar-refractivity contribution in [3.05, 3.63) is 51.1 Å². The van der Waals surface area contributed by atoms with Gasteiger partial charge in [-0.2, -0.15) is 0 Å². The van der Waals surface area contributed by atoms with E-state index in [0.717, 1.165) is 15.7 Å². The van der Waals surface area contributed by atoms with Crippen LogP contribution in [0.15, 0.2) is 30.3 Å². The highest BCUT2D eigenvalue weighted by molar-refractivity contribution is 14.1. The van der Waals surface area contributed by atoms with E-state index in [1.54, 1.807) is 6.07 Å². The smallest absolute Gasteiger partial charge is 0.254 e. The first-order chi connectivity index (χ1) is 11.5. The highest BCUT2D eigenvalue weighted by Crippen LogP contribution is 2.33. The monoisotopic (exact) mass is 447 g/mol. The molecule has 24 heavy (non-hydrogen) atoms. The molecule has 2 N–H and O–H groups in total. The summed E-state index contributed by atoms with van der Waals surface area (Å²) in [5.41, 5.74) is 4.14. The number of halogens is 3. The Bertz CT molecular complexity index is 800. The molecule has 0 saturated carbocycles. The summed E-state index contributed by atoms with van der Waals surface area (Å²) in [5.74, 6) is -2.45. The number of rotatable bonds is 4. The molecule has 1 unspecified atom stereocenters. The molecular weight excluding hydrogens is 435 g/mol. The lowest BCUT2D eigenvalue weighted by Crippen LogP contribution is -2.34. The molecule has 0 aliphatic carbocycles. The summed E-state index contributed by atoms with van der Waals surface area (Å²) >= 11 is 2.15. The van der Waals surface area contributed by atoms with Crippen molar-refractivity contribution < 1.29 is 27.8 Å². The van der Waals surface area contributed by atoms with Gasteiger partial charge in [0.15, 0.2) is 29.2 Å². The lowest BCUT2D eigenvalue weighted by atomic mass is 10.1. The van der Waals surface area contributed by atoms with E-state index in [9.17, 15) is 13.6 Å².